The van der Waals surface area contributed by atoms with Gasteiger partial charge in [-0.25, -0.2) is 0 Å². The first-order chi connectivity index (χ1) is 8.77. The van der Waals surface area contributed by atoms with Gasteiger partial charge < -0.3 is 10.5 Å². The topological polar surface area (TPSA) is 35.2 Å². The van der Waals surface area contributed by atoms with Crippen LogP contribution in [0.4, 0.5) is 5.69 Å². The Labute approximate surface area is 109 Å². The molecular formula is C16H21NO. The van der Waals surface area contributed by atoms with Gasteiger partial charge in [-0.2, -0.15) is 0 Å². The third kappa shape index (κ3) is 5.02. The van der Waals surface area contributed by atoms with Crippen molar-refractivity contribution in [3.63, 3.8) is 0 Å². The molecule has 0 saturated carbocycles. The molecule has 0 fully saturated rings. The normalized spacial score (nSPS) is 9.44. The Morgan fingerprint density at radius 1 is 0.778 bits per heavy atom. The van der Waals surface area contributed by atoms with Crippen LogP contribution in [0.2, 0.25) is 0 Å². The molecule has 0 aliphatic rings. The molecule has 0 unspecified atom stereocenters. The van der Waals surface area contributed by atoms with E-state index in [0.717, 1.165) is 18.9 Å². The molecule has 0 heterocycles. The van der Waals surface area contributed by atoms with E-state index in [1.165, 1.54) is 11.1 Å². The molecule has 0 aliphatic heterocycles. The van der Waals surface area contributed by atoms with Gasteiger partial charge >= 0.3 is 0 Å². The van der Waals surface area contributed by atoms with E-state index in [0.29, 0.717) is 0 Å². The molecule has 0 amide bonds. The van der Waals surface area contributed by atoms with Crippen molar-refractivity contribution in [2.24, 2.45) is 0 Å². The number of nitrogens with two attached hydrogens (primary N) is 1. The quantitative estimate of drug-likeness (QED) is 0.828. The highest BCUT2D eigenvalue weighted by Gasteiger charge is 1.94. The van der Waals surface area contributed by atoms with Gasteiger partial charge in [-0.15, -0.1) is 0 Å². The van der Waals surface area contributed by atoms with Crippen molar-refractivity contribution >= 4 is 5.69 Å². The van der Waals surface area contributed by atoms with Crippen LogP contribution >= 0.6 is 0 Å². The van der Waals surface area contributed by atoms with Gasteiger partial charge in [-0.1, -0.05) is 42.5 Å². The lowest BCUT2D eigenvalue weighted by Gasteiger charge is -2.00. The van der Waals surface area contributed by atoms with E-state index in [1.54, 1.807) is 0 Å². The molecule has 2 aromatic carbocycles. The lowest BCUT2D eigenvalue weighted by Crippen LogP contribution is -1.84. The second-order valence-corrected chi connectivity index (χ2v) is 3.77. The summed E-state index contributed by atoms with van der Waals surface area (Å²) in [6, 6.07) is 18.2. The minimum Gasteiger partial charge on any atom is -0.399 e. The highest BCUT2D eigenvalue weighted by molar-refractivity contribution is 5.65. The van der Waals surface area contributed by atoms with Crippen LogP contribution in [0.3, 0.4) is 0 Å². The van der Waals surface area contributed by atoms with Gasteiger partial charge in [-0.05, 0) is 37.1 Å². The fraction of sp³-hybridized carbons (Fsp3) is 0.250. The van der Waals surface area contributed by atoms with Crippen LogP contribution < -0.4 is 5.73 Å². The van der Waals surface area contributed by atoms with Gasteiger partial charge in [0.1, 0.15) is 0 Å². The van der Waals surface area contributed by atoms with Crippen LogP contribution in [-0.2, 0) is 4.74 Å². The third-order valence-corrected chi connectivity index (χ3v) is 2.43. The molecule has 2 N–H and O–H groups in total. The molecule has 0 spiro atoms. The summed E-state index contributed by atoms with van der Waals surface area (Å²) in [7, 11) is 0. The Hall–Kier alpha value is -1.80. The van der Waals surface area contributed by atoms with Crippen LogP contribution in [0.5, 0.6) is 0 Å². The van der Waals surface area contributed by atoms with Crippen molar-refractivity contribution in [1.29, 1.82) is 0 Å². The highest BCUT2D eigenvalue weighted by Crippen LogP contribution is 2.19. The molecule has 2 rings (SSSR count). The summed E-state index contributed by atoms with van der Waals surface area (Å²) in [4.78, 5) is 0. The molecule has 0 bridgehead atoms. The van der Waals surface area contributed by atoms with E-state index in [4.69, 9.17) is 10.5 Å². The first-order valence-corrected chi connectivity index (χ1v) is 6.26. The van der Waals surface area contributed by atoms with Crippen molar-refractivity contribution in [2.45, 2.75) is 13.8 Å². The molecule has 0 aromatic heterocycles. The molecule has 18 heavy (non-hydrogen) atoms. The van der Waals surface area contributed by atoms with Gasteiger partial charge in [0.05, 0.1) is 0 Å². The first-order valence-electron chi connectivity index (χ1n) is 6.26. The smallest absolute Gasteiger partial charge is 0.0437 e. The van der Waals surface area contributed by atoms with Crippen molar-refractivity contribution in [2.75, 3.05) is 18.9 Å². The molecule has 2 nitrogen and oxygen atoms in total. The largest absolute Gasteiger partial charge is 0.399 e. The molecular weight excluding hydrogens is 222 g/mol. The molecule has 0 radical (unpaired) electrons. The summed E-state index contributed by atoms with van der Waals surface area (Å²) < 4.78 is 4.83. The fourth-order valence-electron chi connectivity index (χ4n) is 1.51. The molecule has 2 aromatic rings. The maximum absolute atomic E-state index is 5.60. The number of nitrogen functional groups attached to an aromatic ring is 1. The maximum atomic E-state index is 5.60. The van der Waals surface area contributed by atoms with Gasteiger partial charge in [0, 0.05) is 18.9 Å². The predicted octanol–water partition coefficient (Wildman–Crippen LogP) is 3.98. The van der Waals surface area contributed by atoms with E-state index in [9.17, 15) is 0 Å². The molecule has 0 saturated heterocycles. The average molecular weight is 243 g/mol. The number of hydrogen-bond acceptors (Lipinski definition) is 2. The zero-order valence-corrected chi connectivity index (χ0v) is 11.1. The molecule has 0 aliphatic carbocycles. The Bertz CT molecular complexity index is 421. The van der Waals surface area contributed by atoms with Gasteiger partial charge in [0.15, 0.2) is 0 Å². The second-order valence-electron chi connectivity index (χ2n) is 3.77. The van der Waals surface area contributed by atoms with Gasteiger partial charge in [0.25, 0.3) is 0 Å². The summed E-state index contributed by atoms with van der Waals surface area (Å²) in [5, 5.41) is 0. The third-order valence-electron chi connectivity index (χ3n) is 2.43. The Kier molecular flexibility index (Phi) is 6.59. The summed E-state index contributed by atoms with van der Waals surface area (Å²) in [6.07, 6.45) is 0. The van der Waals surface area contributed by atoms with Crippen LogP contribution in [0.25, 0.3) is 11.1 Å². The van der Waals surface area contributed by atoms with E-state index < -0.39 is 0 Å². The van der Waals surface area contributed by atoms with Gasteiger partial charge in [-0.3, -0.25) is 0 Å². The standard InChI is InChI=1S/C12H11N.C4H10O/c13-12-8-6-11(7-9-12)10-4-2-1-3-5-10;1-3-5-4-2/h1-9H,13H2;3-4H2,1-2H3. The van der Waals surface area contributed by atoms with Crippen molar-refractivity contribution in [1.82, 2.24) is 0 Å². The number of ether oxygens (including phenoxy) is 1. The Morgan fingerprint density at radius 3 is 1.72 bits per heavy atom. The summed E-state index contributed by atoms with van der Waals surface area (Å²) >= 11 is 0. The van der Waals surface area contributed by atoms with Crippen molar-refractivity contribution in [3.8, 4) is 11.1 Å². The lowest BCUT2D eigenvalue weighted by atomic mass is 10.1. The van der Waals surface area contributed by atoms with Crippen LogP contribution in [-0.4, -0.2) is 13.2 Å². The number of benzene rings is 2. The second kappa shape index (κ2) is 8.31. The fourth-order valence-corrected chi connectivity index (χ4v) is 1.51. The lowest BCUT2D eigenvalue weighted by molar-refractivity contribution is 0.162. The summed E-state index contributed by atoms with van der Waals surface area (Å²) in [5.74, 6) is 0. The van der Waals surface area contributed by atoms with E-state index in [1.807, 2.05) is 56.3 Å². The summed E-state index contributed by atoms with van der Waals surface area (Å²) in [5.41, 5.74) is 8.84. The van der Waals surface area contributed by atoms with E-state index in [2.05, 4.69) is 12.1 Å². The number of anilines is 1. The Morgan fingerprint density at radius 2 is 1.28 bits per heavy atom. The average Bonchev–Trinajstić information content (AvgIpc) is 2.42. The molecule has 96 valence electrons. The number of rotatable bonds is 3. The van der Waals surface area contributed by atoms with Crippen molar-refractivity contribution < 1.29 is 4.74 Å². The van der Waals surface area contributed by atoms with Crippen LogP contribution in [0.15, 0.2) is 54.6 Å². The number of hydrogen-bond donors (Lipinski definition) is 1. The first kappa shape index (κ1) is 14.3. The zero-order valence-electron chi connectivity index (χ0n) is 11.1. The minimum absolute atomic E-state index is 0.805. The SMILES string of the molecule is CCOCC.Nc1ccc(-c2ccccc2)cc1. The predicted molar refractivity (Wildman–Crippen MR) is 78.5 cm³/mol. The Balaban J connectivity index is 0.000000280. The zero-order chi connectivity index (χ0) is 13.2. The maximum Gasteiger partial charge on any atom is 0.0437 e. The van der Waals surface area contributed by atoms with Crippen LogP contribution in [0.1, 0.15) is 13.8 Å². The minimum atomic E-state index is 0.805. The van der Waals surface area contributed by atoms with Gasteiger partial charge in [0.2, 0.25) is 0 Å². The monoisotopic (exact) mass is 243 g/mol. The molecule has 2 heteroatoms. The van der Waals surface area contributed by atoms with E-state index >= 15 is 0 Å². The molecule has 0 atom stereocenters. The summed E-state index contributed by atoms with van der Waals surface area (Å²) in [6.45, 7) is 5.67. The van der Waals surface area contributed by atoms with Crippen molar-refractivity contribution in [3.05, 3.63) is 54.6 Å². The van der Waals surface area contributed by atoms with E-state index in [-0.39, 0.29) is 0 Å². The highest BCUT2D eigenvalue weighted by atomic mass is 16.5. The van der Waals surface area contributed by atoms with Crippen LogP contribution in [0, 0.1) is 0 Å².